The Morgan fingerprint density at radius 2 is 1.49 bits per heavy atom. The largest absolute Gasteiger partial charge is 0.489 e. The number of benzene rings is 3. The van der Waals surface area contributed by atoms with E-state index in [0.29, 0.717) is 47.9 Å². The number of para-hydroxylation sites is 1. The molecule has 4 heterocycles. The van der Waals surface area contributed by atoms with E-state index in [9.17, 15) is 19.2 Å². The summed E-state index contributed by atoms with van der Waals surface area (Å²) in [6.07, 6.45) is 4.62. The predicted molar refractivity (Wildman–Crippen MR) is 196 cm³/mol. The van der Waals surface area contributed by atoms with E-state index in [1.54, 1.807) is 6.07 Å². The van der Waals surface area contributed by atoms with Crippen LogP contribution < -0.4 is 30.7 Å². The summed E-state index contributed by atoms with van der Waals surface area (Å²) in [7, 11) is 0. The number of halogens is 1. The van der Waals surface area contributed by atoms with Crippen molar-refractivity contribution in [1.29, 1.82) is 0 Å². The average Bonchev–Trinajstić information content (AvgIpc) is 3.11. The van der Waals surface area contributed by atoms with E-state index >= 15 is 0 Å². The van der Waals surface area contributed by atoms with Crippen molar-refractivity contribution < 1.29 is 28.7 Å². The Morgan fingerprint density at radius 3 is 2.22 bits per heavy atom. The Hall–Kier alpha value is -4.57. The normalized spacial score (nSPS) is 22.7. The van der Waals surface area contributed by atoms with Crippen molar-refractivity contribution in [1.82, 2.24) is 21.3 Å². The molecule has 4 N–H and O–H groups in total. The number of hydrogen-bond donors (Lipinski definition) is 4. The molecule has 272 valence electrons. The summed E-state index contributed by atoms with van der Waals surface area (Å²) in [5.74, 6) is 0.228. The summed E-state index contributed by atoms with van der Waals surface area (Å²) < 4.78 is 11.9. The number of ether oxygens (including phenoxy) is 2. The molecule has 5 aliphatic rings. The molecule has 0 radical (unpaired) electrons. The maximum atomic E-state index is 13.7. The third kappa shape index (κ3) is 11.7. The van der Waals surface area contributed by atoms with E-state index in [1.165, 1.54) is 0 Å². The SMILES string of the molecule is CC(C)C[C@@H]1NC(=O)CC2CCC(CC2)NC(=O)COc2c(Cl)cccc2COc2ccc(cc2)CCNC(=O)[C@@H](Cc2ccccc2)NC1=O. The van der Waals surface area contributed by atoms with Crippen LogP contribution in [0.4, 0.5) is 0 Å². The number of carbonyl (C=O) groups is 4. The third-order valence-electron chi connectivity index (χ3n) is 9.39. The smallest absolute Gasteiger partial charge is 0.258 e. The van der Waals surface area contributed by atoms with Crippen molar-refractivity contribution >= 4 is 35.2 Å². The molecule has 0 spiro atoms. The molecular formula is C40H49ClN4O6. The van der Waals surface area contributed by atoms with Gasteiger partial charge in [0, 0.05) is 31.0 Å². The van der Waals surface area contributed by atoms with Gasteiger partial charge in [0.2, 0.25) is 17.7 Å². The lowest BCUT2D eigenvalue weighted by Crippen LogP contribution is -2.55. The minimum absolute atomic E-state index is 0.0211. The van der Waals surface area contributed by atoms with Crippen molar-refractivity contribution in [2.75, 3.05) is 13.2 Å². The zero-order valence-electron chi connectivity index (χ0n) is 29.4. The second-order valence-corrected chi connectivity index (χ2v) is 14.4. The van der Waals surface area contributed by atoms with Gasteiger partial charge in [0.25, 0.3) is 5.91 Å². The molecule has 10 nitrogen and oxygen atoms in total. The van der Waals surface area contributed by atoms with Crippen molar-refractivity contribution in [3.63, 3.8) is 0 Å². The number of nitrogens with one attached hydrogen (secondary N) is 4. The van der Waals surface area contributed by atoms with Crippen LogP contribution in [0.15, 0.2) is 72.8 Å². The fraction of sp³-hybridized carbons (Fsp3) is 0.450. The number of rotatable bonds is 4. The Morgan fingerprint density at radius 1 is 0.745 bits per heavy atom. The molecule has 4 bridgehead atoms. The standard InChI is InChI=1S/C40H49ClN4O6/c1-26(2)21-34-40(49)45-35(22-28-7-4-3-5-8-28)39(48)42-20-19-27-13-17-32(18-14-27)50-24-30-9-6-10-33(41)38(30)51-25-37(47)43-31-15-11-29(12-16-31)23-36(46)44-34/h3-10,13-14,17-18,26,29,31,34-35H,11-12,15-16,19-25H2,1-2H3,(H,42,48)(H,43,47)(H,44,46)(H,45,49)/t29?,31?,34-,35+/m0/s1. The van der Waals surface area contributed by atoms with Crippen molar-refractivity contribution in [3.05, 3.63) is 94.5 Å². The molecule has 8 rings (SSSR count). The third-order valence-corrected chi connectivity index (χ3v) is 9.68. The van der Waals surface area contributed by atoms with E-state index in [-0.39, 0.29) is 61.1 Å². The van der Waals surface area contributed by atoms with Gasteiger partial charge in [-0.1, -0.05) is 80.0 Å². The topological polar surface area (TPSA) is 135 Å². The lowest BCUT2D eigenvalue weighted by atomic mass is 9.84. The van der Waals surface area contributed by atoms with Crippen LogP contribution in [-0.4, -0.2) is 54.9 Å². The highest BCUT2D eigenvalue weighted by Gasteiger charge is 2.30. The molecule has 4 aliphatic heterocycles. The molecule has 1 fully saturated rings. The predicted octanol–water partition coefficient (Wildman–Crippen LogP) is 5.29. The monoisotopic (exact) mass is 716 g/mol. The maximum absolute atomic E-state index is 13.7. The van der Waals surface area contributed by atoms with Gasteiger partial charge >= 0.3 is 0 Å². The Labute approximate surface area is 305 Å². The number of carbonyl (C=O) groups excluding carboxylic acids is 4. The van der Waals surface area contributed by atoms with Crippen LogP contribution in [0, 0.1) is 11.8 Å². The van der Waals surface area contributed by atoms with Crippen molar-refractivity contribution in [2.24, 2.45) is 11.8 Å². The second-order valence-electron chi connectivity index (χ2n) is 14.0. The first-order chi connectivity index (χ1) is 24.6. The molecule has 3 aromatic carbocycles. The molecule has 51 heavy (non-hydrogen) atoms. The van der Waals surface area contributed by atoms with Crippen LogP contribution in [0.3, 0.4) is 0 Å². The fourth-order valence-electron chi connectivity index (χ4n) is 6.66. The van der Waals surface area contributed by atoms with Gasteiger partial charge in [-0.25, -0.2) is 0 Å². The van der Waals surface area contributed by atoms with E-state index in [4.69, 9.17) is 21.1 Å². The lowest BCUT2D eigenvalue weighted by molar-refractivity contribution is -0.132. The van der Waals surface area contributed by atoms with Crippen LogP contribution in [0.1, 0.15) is 69.1 Å². The van der Waals surface area contributed by atoms with Gasteiger partial charge in [0.05, 0.1) is 5.02 Å². The molecule has 1 saturated carbocycles. The molecule has 0 unspecified atom stereocenters. The summed E-state index contributed by atoms with van der Waals surface area (Å²) >= 11 is 6.47. The molecule has 0 saturated heterocycles. The first-order valence-electron chi connectivity index (χ1n) is 18.0. The van der Waals surface area contributed by atoms with Crippen molar-refractivity contribution in [3.8, 4) is 11.5 Å². The van der Waals surface area contributed by atoms with Crippen LogP contribution in [0.5, 0.6) is 11.5 Å². The summed E-state index contributed by atoms with van der Waals surface area (Å²) in [6, 6.07) is 20.9. The quantitative estimate of drug-likeness (QED) is 0.290. The Bertz CT molecular complexity index is 1630. The first kappa shape index (κ1) is 37.7. The van der Waals surface area contributed by atoms with E-state index in [0.717, 1.165) is 36.8 Å². The zero-order valence-corrected chi connectivity index (χ0v) is 30.2. The van der Waals surface area contributed by atoms with Crippen LogP contribution in [0.2, 0.25) is 5.02 Å². The van der Waals surface area contributed by atoms with Gasteiger partial charge in [-0.15, -0.1) is 0 Å². The minimum Gasteiger partial charge on any atom is -0.489 e. The van der Waals surface area contributed by atoms with Gasteiger partial charge in [-0.2, -0.15) is 0 Å². The highest BCUT2D eigenvalue weighted by Crippen LogP contribution is 2.30. The van der Waals surface area contributed by atoms with E-state index in [1.807, 2.05) is 80.6 Å². The zero-order chi connectivity index (χ0) is 36.2. The first-order valence-corrected chi connectivity index (χ1v) is 18.3. The summed E-state index contributed by atoms with van der Waals surface area (Å²) in [4.78, 5) is 53.4. The summed E-state index contributed by atoms with van der Waals surface area (Å²) in [5, 5.41) is 12.4. The van der Waals surface area contributed by atoms with Crippen molar-refractivity contribution in [2.45, 2.75) is 89.9 Å². The minimum atomic E-state index is -0.823. The Balaban J connectivity index is 1.33. The average molecular weight is 717 g/mol. The van der Waals surface area contributed by atoms with Gasteiger partial charge in [-0.3, -0.25) is 19.2 Å². The van der Waals surface area contributed by atoms with Crippen LogP contribution in [0.25, 0.3) is 0 Å². The molecular weight excluding hydrogens is 668 g/mol. The van der Waals surface area contributed by atoms with E-state index < -0.39 is 12.1 Å². The number of amides is 4. The summed E-state index contributed by atoms with van der Waals surface area (Å²) in [5.41, 5.74) is 2.62. The fourth-order valence-corrected chi connectivity index (χ4v) is 6.91. The molecule has 4 amide bonds. The Kier molecular flexibility index (Phi) is 13.7. The molecule has 11 heteroatoms. The van der Waals surface area contributed by atoms with Crippen LogP contribution in [-0.2, 0) is 38.6 Å². The number of hydrogen-bond acceptors (Lipinski definition) is 6. The van der Waals surface area contributed by atoms with E-state index in [2.05, 4.69) is 21.3 Å². The second kappa shape index (κ2) is 18.6. The van der Waals surface area contributed by atoms with Gasteiger partial charge in [0.15, 0.2) is 6.61 Å². The molecule has 1 aliphatic carbocycles. The van der Waals surface area contributed by atoms with Gasteiger partial charge in [-0.05, 0) is 79.7 Å². The lowest BCUT2D eigenvalue weighted by Gasteiger charge is -2.29. The molecule has 2 atom stereocenters. The van der Waals surface area contributed by atoms with Gasteiger partial charge in [0.1, 0.15) is 30.2 Å². The highest BCUT2D eigenvalue weighted by atomic mass is 35.5. The summed E-state index contributed by atoms with van der Waals surface area (Å²) in [6.45, 7) is 4.37. The van der Waals surface area contributed by atoms with Gasteiger partial charge < -0.3 is 30.7 Å². The highest BCUT2D eigenvalue weighted by molar-refractivity contribution is 6.32. The molecule has 3 aromatic rings. The van der Waals surface area contributed by atoms with Crippen LogP contribution >= 0.6 is 11.6 Å². The maximum Gasteiger partial charge on any atom is 0.258 e. The molecule has 0 aromatic heterocycles.